The number of imidazole rings is 1. The maximum Gasteiger partial charge on any atom is 0.329 e. The molecule has 0 bridgehead atoms. The summed E-state index contributed by atoms with van der Waals surface area (Å²) in [4.78, 5) is 32.8. The molecule has 0 saturated carbocycles. The fraction of sp³-hybridized carbons (Fsp3) is 0.312. The van der Waals surface area contributed by atoms with Crippen LogP contribution in [0.4, 0.5) is 5.95 Å². The summed E-state index contributed by atoms with van der Waals surface area (Å²) >= 11 is 0. The van der Waals surface area contributed by atoms with Crippen molar-refractivity contribution in [1.82, 2.24) is 19.1 Å². The number of H-pyrrole nitrogens is 1. The maximum atomic E-state index is 12.2. The Morgan fingerprint density at radius 2 is 1.91 bits per heavy atom. The minimum Gasteiger partial charge on any atom is -0.341 e. The first-order valence-electron chi connectivity index (χ1n) is 7.47. The second-order valence-electron chi connectivity index (χ2n) is 5.49. The summed E-state index contributed by atoms with van der Waals surface area (Å²) in [5.74, 6) is 0.665. The predicted octanol–water partition coefficient (Wildman–Crippen LogP) is 1.08. The molecule has 7 nitrogen and oxygen atoms in total. The molecule has 3 rings (SSSR count). The summed E-state index contributed by atoms with van der Waals surface area (Å²) in [6.07, 6.45) is 0. The summed E-state index contributed by atoms with van der Waals surface area (Å²) in [7, 11) is 3.53. The summed E-state index contributed by atoms with van der Waals surface area (Å²) in [6, 6.07) is 10.0. The number of hydrogen-bond acceptors (Lipinski definition) is 4. The van der Waals surface area contributed by atoms with Crippen LogP contribution in [-0.4, -0.2) is 26.1 Å². The quantitative estimate of drug-likeness (QED) is 0.782. The molecular formula is C16H19N5O2. The van der Waals surface area contributed by atoms with Crippen molar-refractivity contribution in [3.63, 3.8) is 0 Å². The van der Waals surface area contributed by atoms with Gasteiger partial charge in [-0.15, -0.1) is 0 Å². The summed E-state index contributed by atoms with van der Waals surface area (Å²) in [5, 5.41) is 0. The molecule has 0 fully saturated rings. The van der Waals surface area contributed by atoms with Crippen molar-refractivity contribution in [3.8, 4) is 0 Å². The third kappa shape index (κ3) is 2.54. The van der Waals surface area contributed by atoms with Gasteiger partial charge < -0.3 is 9.47 Å². The fourth-order valence-corrected chi connectivity index (χ4v) is 2.74. The van der Waals surface area contributed by atoms with Crippen molar-refractivity contribution in [2.24, 2.45) is 7.05 Å². The minimum atomic E-state index is -0.458. The Balaban J connectivity index is 2.14. The first kappa shape index (κ1) is 15.1. The summed E-state index contributed by atoms with van der Waals surface area (Å²) < 4.78 is 3.19. The Hall–Kier alpha value is -2.83. The summed E-state index contributed by atoms with van der Waals surface area (Å²) in [5.41, 5.74) is 1.10. The van der Waals surface area contributed by atoms with Crippen LogP contribution in [0, 0.1) is 0 Å². The van der Waals surface area contributed by atoms with Gasteiger partial charge in [-0.3, -0.25) is 14.3 Å². The van der Waals surface area contributed by atoms with E-state index < -0.39 is 11.2 Å². The van der Waals surface area contributed by atoms with E-state index in [0.29, 0.717) is 30.2 Å². The Morgan fingerprint density at radius 3 is 2.57 bits per heavy atom. The van der Waals surface area contributed by atoms with Crippen molar-refractivity contribution in [2.75, 3.05) is 11.9 Å². The topological polar surface area (TPSA) is 75.9 Å². The van der Waals surface area contributed by atoms with Crippen LogP contribution in [-0.2, 0) is 20.1 Å². The van der Waals surface area contributed by atoms with Crippen molar-refractivity contribution in [3.05, 3.63) is 56.7 Å². The molecule has 120 valence electrons. The molecule has 0 spiro atoms. The third-order valence-electron chi connectivity index (χ3n) is 3.91. The van der Waals surface area contributed by atoms with Crippen LogP contribution in [0.3, 0.4) is 0 Å². The second-order valence-corrected chi connectivity index (χ2v) is 5.49. The van der Waals surface area contributed by atoms with Crippen molar-refractivity contribution in [1.29, 1.82) is 0 Å². The lowest BCUT2D eigenvalue weighted by Gasteiger charge is -2.19. The molecule has 0 atom stereocenters. The number of aromatic amines is 1. The molecule has 3 aromatic rings. The van der Waals surface area contributed by atoms with Gasteiger partial charge >= 0.3 is 5.69 Å². The number of fused-ring (bicyclic) bond motifs is 1. The Bertz CT molecular complexity index is 952. The Kier molecular flexibility index (Phi) is 3.77. The average Bonchev–Trinajstić information content (AvgIpc) is 2.94. The number of rotatable bonds is 4. The van der Waals surface area contributed by atoms with Crippen LogP contribution < -0.4 is 16.1 Å². The van der Waals surface area contributed by atoms with Gasteiger partial charge in [0.25, 0.3) is 5.56 Å². The molecule has 2 heterocycles. The highest BCUT2D eigenvalue weighted by molar-refractivity contribution is 5.74. The minimum absolute atomic E-state index is 0.399. The van der Waals surface area contributed by atoms with Crippen LogP contribution in [0.25, 0.3) is 11.2 Å². The molecule has 23 heavy (non-hydrogen) atoms. The third-order valence-corrected chi connectivity index (χ3v) is 3.91. The van der Waals surface area contributed by atoms with Crippen LogP contribution in [0.5, 0.6) is 0 Å². The standard InChI is InChI=1S/C16H19N5O2/c1-4-21-12-13(20(3)16(23)18-14(12)22)17-15(21)19(2)10-11-8-6-5-7-9-11/h5-9H,4,10H2,1-3H3,(H,18,22,23). The number of benzene rings is 1. The van der Waals surface area contributed by atoms with E-state index in [2.05, 4.69) is 9.97 Å². The van der Waals surface area contributed by atoms with E-state index in [4.69, 9.17) is 0 Å². The molecule has 1 N–H and O–H groups in total. The van der Waals surface area contributed by atoms with E-state index in [1.54, 1.807) is 7.05 Å². The highest BCUT2D eigenvalue weighted by Gasteiger charge is 2.18. The van der Waals surface area contributed by atoms with Crippen LogP contribution in [0.15, 0.2) is 39.9 Å². The molecule has 0 amide bonds. The van der Waals surface area contributed by atoms with Gasteiger partial charge in [-0.1, -0.05) is 30.3 Å². The monoisotopic (exact) mass is 313 g/mol. The smallest absolute Gasteiger partial charge is 0.329 e. The normalized spacial score (nSPS) is 11.1. The Labute approximate surface area is 132 Å². The maximum absolute atomic E-state index is 12.2. The van der Waals surface area contributed by atoms with Gasteiger partial charge in [0.1, 0.15) is 0 Å². The lowest BCUT2D eigenvalue weighted by molar-refractivity contribution is 0.739. The number of aryl methyl sites for hydroxylation is 2. The number of aromatic nitrogens is 4. The zero-order chi connectivity index (χ0) is 16.6. The van der Waals surface area contributed by atoms with Crippen molar-refractivity contribution < 1.29 is 0 Å². The predicted molar refractivity (Wildman–Crippen MR) is 89.8 cm³/mol. The number of anilines is 1. The van der Waals surface area contributed by atoms with Crippen LogP contribution in [0.2, 0.25) is 0 Å². The fourth-order valence-electron chi connectivity index (χ4n) is 2.74. The second kappa shape index (κ2) is 5.75. The van der Waals surface area contributed by atoms with E-state index in [0.717, 1.165) is 5.56 Å². The molecule has 0 unspecified atom stereocenters. The van der Waals surface area contributed by atoms with Crippen molar-refractivity contribution >= 4 is 17.1 Å². The van der Waals surface area contributed by atoms with E-state index in [1.165, 1.54) is 4.57 Å². The molecule has 0 saturated heterocycles. The van der Waals surface area contributed by atoms with Gasteiger partial charge in [0.2, 0.25) is 5.95 Å². The molecule has 7 heteroatoms. The van der Waals surface area contributed by atoms with Gasteiger partial charge in [0.05, 0.1) is 0 Å². The molecule has 2 aromatic heterocycles. The Morgan fingerprint density at radius 1 is 1.22 bits per heavy atom. The lowest BCUT2D eigenvalue weighted by Crippen LogP contribution is -2.29. The first-order chi connectivity index (χ1) is 11.0. The number of nitrogens with zero attached hydrogens (tertiary/aromatic N) is 4. The molecule has 0 radical (unpaired) electrons. The van der Waals surface area contributed by atoms with E-state index in [-0.39, 0.29) is 0 Å². The zero-order valence-corrected chi connectivity index (χ0v) is 13.4. The van der Waals surface area contributed by atoms with Gasteiger partial charge in [-0.2, -0.15) is 4.98 Å². The van der Waals surface area contributed by atoms with Crippen molar-refractivity contribution in [2.45, 2.75) is 20.0 Å². The van der Waals surface area contributed by atoms with Gasteiger partial charge in [0, 0.05) is 27.2 Å². The van der Waals surface area contributed by atoms with Crippen LogP contribution in [0.1, 0.15) is 12.5 Å². The molecule has 0 aliphatic heterocycles. The molecule has 1 aromatic carbocycles. The van der Waals surface area contributed by atoms with E-state index in [1.807, 2.05) is 53.8 Å². The molecule has 0 aliphatic rings. The average molecular weight is 313 g/mol. The first-order valence-corrected chi connectivity index (χ1v) is 7.47. The number of hydrogen-bond donors (Lipinski definition) is 1. The largest absolute Gasteiger partial charge is 0.341 e. The zero-order valence-electron chi connectivity index (χ0n) is 13.4. The molecular weight excluding hydrogens is 294 g/mol. The highest BCUT2D eigenvalue weighted by atomic mass is 16.2. The SMILES string of the molecule is CCn1c(N(C)Cc2ccccc2)nc2c1c(=O)[nH]c(=O)n2C. The number of nitrogens with one attached hydrogen (secondary N) is 1. The van der Waals surface area contributed by atoms with Gasteiger partial charge in [0.15, 0.2) is 11.2 Å². The lowest BCUT2D eigenvalue weighted by atomic mass is 10.2. The van der Waals surface area contributed by atoms with Gasteiger partial charge in [-0.25, -0.2) is 4.79 Å². The van der Waals surface area contributed by atoms with E-state index >= 15 is 0 Å². The summed E-state index contributed by atoms with van der Waals surface area (Å²) in [6.45, 7) is 3.20. The van der Waals surface area contributed by atoms with Crippen LogP contribution >= 0.6 is 0 Å². The molecule has 0 aliphatic carbocycles. The highest BCUT2D eigenvalue weighted by Crippen LogP contribution is 2.19. The van der Waals surface area contributed by atoms with E-state index in [9.17, 15) is 9.59 Å². The van der Waals surface area contributed by atoms with Gasteiger partial charge in [-0.05, 0) is 12.5 Å².